The molecule has 1 aromatic carbocycles. The molecule has 116 valence electrons. The topological polar surface area (TPSA) is 66.4 Å². The third kappa shape index (κ3) is 8.63. The van der Waals surface area contributed by atoms with Crippen molar-refractivity contribution in [3.05, 3.63) is 29.3 Å². The second-order valence-corrected chi connectivity index (χ2v) is 6.13. The molecule has 0 spiro atoms. The van der Waals surface area contributed by atoms with Crippen molar-refractivity contribution in [1.82, 2.24) is 5.32 Å². The Labute approximate surface area is 134 Å². The molecular formula is C15H20ClNO3S. The number of carboxylic acid groups (broad SMARTS) is 1. The van der Waals surface area contributed by atoms with E-state index in [1.54, 1.807) is 11.8 Å². The van der Waals surface area contributed by atoms with Gasteiger partial charge in [0.15, 0.2) is 0 Å². The number of halogens is 1. The summed E-state index contributed by atoms with van der Waals surface area (Å²) in [5.41, 5.74) is 0. The molecule has 1 rings (SSSR count). The highest BCUT2D eigenvalue weighted by Crippen LogP contribution is 2.26. The number of nitrogens with one attached hydrogen (secondary N) is 1. The standard InChI is InChI=1S/C15H20ClNO3S/c16-12-6-3-4-7-13(12)21-11-9-14(18)17-10-5-1-2-8-15(19)20/h3-4,6-7H,1-2,5,8-11H2,(H,17,18)(H,19,20). The lowest BCUT2D eigenvalue weighted by atomic mass is 10.2. The van der Waals surface area contributed by atoms with Gasteiger partial charge in [-0.2, -0.15) is 0 Å². The maximum absolute atomic E-state index is 11.6. The normalized spacial score (nSPS) is 10.3. The van der Waals surface area contributed by atoms with Crippen molar-refractivity contribution in [2.75, 3.05) is 12.3 Å². The number of hydrogen-bond acceptors (Lipinski definition) is 3. The Morgan fingerprint density at radius 2 is 1.90 bits per heavy atom. The van der Waals surface area contributed by atoms with Crippen molar-refractivity contribution in [1.29, 1.82) is 0 Å². The van der Waals surface area contributed by atoms with Gasteiger partial charge in [0.25, 0.3) is 0 Å². The van der Waals surface area contributed by atoms with Crippen LogP contribution >= 0.6 is 23.4 Å². The molecule has 0 bridgehead atoms. The molecule has 4 nitrogen and oxygen atoms in total. The monoisotopic (exact) mass is 329 g/mol. The van der Waals surface area contributed by atoms with E-state index in [9.17, 15) is 9.59 Å². The summed E-state index contributed by atoms with van der Waals surface area (Å²) in [5.74, 6) is -0.0578. The molecule has 0 saturated heterocycles. The molecular weight excluding hydrogens is 310 g/mol. The maximum Gasteiger partial charge on any atom is 0.303 e. The molecule has 0 saturated carbocycles. The number of hydrogen-bond donors (Lipinski definition) is 2. The first-order valence-corrected chi connectivity index (χ1v) is 8.32. The fourth-order valence-corrected chi connectivity index (χ4v) is 2.90. The molecule has 0 heterocycles. The second kappa shape index (κ2) is 10.5. The molecule has 0 aromatic heterocycles. The van der Waals surface area contributed by atoms with Gasteiger partial charge in [-0.05, 0) is 25.0 Å². The number of carbonyl (C=O) groups is 2. The van der Waals surface area contributed by atoms with Gasteiger partial charge >= 0.3 is 5.97 Å². The zero-order valence-electron chi connectivity index (χ0n) is 11.8. The Morgan fingerprint density at radius 3 is 2.62 bits per heavy atom. The molecule has 6 heteroatoms. The molecule has 0 atom stereocenters. The van der Waals surface area contributed by atoms with Crippen LogP contribution in [-0.2, 0) is 9.59 Å². The first-order chi connectivity index (χ1) is 10.1. The molecule has 1 amide bonds. The quantitative estimate of drug-likeness (QED) is 0.508. The number of amides is 1. The summed E-state index contributed by atoms with van der Waals surface area (Å²) in [7, 11) is 0. The first-order valence-electron chi connectivity index (χ1n) is 6.95. The zero-order chi connectivity index (χ0) is 15.5. The van der Waals surface area contributed by atoms with Crippen molar-refractivity contribution in [2.24, 2.45) is 0 Å². The number of rotatable bonds is 10. The van der Waals surface area contributed by atoms with Crippen LogP contribution in [0.2, 0.25) is 5.02 Å². The molecule has 2 N–H and O–H groups in total. The zero-order valence-corrected chi connectivity index (χ0v) is 13.4. The molecule has 21 heavy (non-hydrogen) atoms. The summed E-state index contributed by atoms with van der Waals surface area (Å²) in [4.78, 5) is 22.9. The van der Waals surface area contributed by atoms with E-state index in [4.69, 9.17) is 16.7 Å². The lowest BCUT2D eigenvalue weighted by Gasteiger charge is -2.06. The van der Waals surface area contributed by atoms with Crippen molar-refractivity contribution in [2.45, 2.75) is 37.0 Å². The van der Waals surface area contributed by atoms with Gasteiger partial charge in [-0.1, -0.05) is 30.2 Å². The Balaban J connectivity index is 2.04. The Kier molecular flexibility index (Phi) is 8.94. The number of benzene rings is 1. The third-order valence-electron chi connectivity index (χ3n) is 2.81. The predicted octanol–water partition coefficient (Wildman–Crippen LogP) is 3.58. The number of carboxylic acids is 1. The van der Waals surface area contributed by atoms with Crippen molar-refractivity contribution < 1.29 is 14.7 Å². The van der Waals surface area contributed by atoms with Crippen LogP contribution in [0.5, 0.6) is 0 Å². The largest absolute Gasteiger partial charge is 0.481 e. The fourth-order valence-electron chi connectivity index (χ4n) is 1.71. The first kappa shape index (κ1) is 17.9. The molecule has 0 fully saturated rings. The van der Waals surface area contributed by atoms with Gasteiger partial charge in [-0.15, -0.1) is 11.8 Å². The van der Waals surface area contributed by atoms with Gasteiger partial charge in [0.1, 0.15) is 0 Å². The predicted molar refractivity (Wildman–Crippen MR) is 85.9 cm³/mol. The molecule has 0 aliphatic carbocycles. The molecule has 0 aliphatic rings. The summed E-state index contributed by atoms with van der Waals surface area (Å²) in [6.07, 6.45) is 2.94. The number of unbranched alkanes of at least 4 members (excludes halogenated alkanes) is 2. The van der Waals surface area contributed by atoms with Crippen LogP contribution in [0.15, 0.2) is 29.2 Å². The highest BCUT2D eigenvalue weighted by molar-refractivity contribution is 7.99. The molecule has 0 aliphatic heterocycles. The fraction of sp³-hybridized carbons (Fsp3) is 0.467. The second-order valence-electron chi connectivity index (χ2n) is 4.58. The minimum Gasteiger partial charge on any atom is -0.481 e. The van der Waals surface area contributed by atoms with Gasteiger partial charge in [0.05, 0.1) is 5.02 Å². The number of carbonyl (C=O) groups excluding carboxylic acids is 1. The van der Waals surface area contributed by atoms with E-state index in [0.717, 1.165) is 17.7 Å². The number of aliphatic carboxylic acids is 1. The molecule has 0 unspecified atom stereocenters. The summed E-state index contributed by atoms with van der Waals surface area (Å²) in [6, 6.07) is 7.57. The van der Waals surface area contributed by atoms with E-state index in [-0.39, 0.29) is 12.3 Å². The molecule has 1 aromatic rings. The van der Waals surface area contributed by atoms with E-state index in [2.05, 4.69) is 5.32 Å². The van der Waals surface area contributed by atoms with Crippen LogP contribution in [0.25, 0.3) is 0 Å². The van der Waals surface area contributed by atoms with Gasteiger partial charge in [-0.25, -0.2) is 0 Å². The third-order valence-corrected chi connectivity index (χ3v) is 4.33. The molecule has 0 radical (unpaired) electrons. The SMILES string of the molecule is O=C(O)CCCCCNC(=O)CCSc1ccccc1Cl. The maximum atomic E-state index is 11.6. The Bertz CT molecular complexity index is 468. The summed E-state index contributed by atoms with van der Waals surface area (Å²) < 4.78 is 0. The van der Waals surface area contributed by atoms with Crippen molar-refractivity contribution >= 4 is 35.2 Å². The average molecular weight is 330 g/mol. The van der Waals surface area contributed by atoms with Crippen molar-refractivity contribution in [3.8, 4) is 0 Å². The van der Waals surface area contributed by atoms with E-state index in [1.165, 1.54) is 0 Å². The van der Waals surface area contributed by atoms with Crippen LogP contribution in [0.1, 0.15) is 32.1 Å². The van der Waals surface area contributed by atoms with Gasteiger partial charge in [-0.3, -0.25) is 9.59 Å². The van der Waals surface area contributed by atoms with Crippen LogP contribution < -0.4 is 5.32 Å². The Hall–Kier alpha value is -1.20. The minimum absolute atomic E-state index is 0.0211. The lowest BCUT2D eigenvalue weighted by molar-refractivity contribution is -0.137. The van der Waals surface area contributed by atoms with Crippen LogP contribution in [0.4, 0.5) is 0 Å². The lowest BCUT2D eigenvalue weighted by Crippen LogP contribution is -2.24. The number of thioether (sulfide) groups is 1. The van der Waals surface area contributed by atoms with E-state index < -0.39 is 5.97 Å². The minimum atomic E-state index is -0.768. The van der Waals surface area contributed by atoms with Gasteiger partial charge in [0, 0.05) is 30.0 Å². The van der Waals surface area contributed by atoms with Crippen LogP contribution in [0, 0.1) is 0 Å². The van der Waals surface area contributed by atoms with Crippen LogP contribution in [-0.4, -0.2) is 29.3 Å². The smallest absolute Gasteiger partial charge is 0.303 e. The van der Waals surface area contributed by atoms with Crippen LogP contribution in [0.3, 0.4) is 0 Å². The van der Waals surface area contributed by atoms with Gasteiger partial charge in [0.2, 0.25) is 5.91 Å². The van der Waals surface area contributed by atoms with E-state index >= 15 is 0 Å². The highest BCUT2D eigenvalue weighted by Gasteiger charge is 2.04. The summed E-state index contributed by atoms with van der Waals surface area (Å²) in [5, 5.41) is 12.0. The summed E-state index contributed by atoms with van der Waals surface area (Å²) in [6.45, 7) is 0.606. The van der Waals surface area contributed by atoms with E-state index in [0.29, 0.717) is 30.2 Å². The van der Waals surface area contributed by atoms with Crippen molar-refractivity contribution in [3.63, 3.8) is 0 Å². The summed E-state index contributed by atoms with van der Waals surface area (Å²) >= 11 is 7.60. The van der Waals surface area contributed by atoms with E-state index in [1.807, 2.05) is 24.3 Å². The Morgan fingerprint density at radius 1 is 1.14 bits per heavy atom. The highest BCUT2D eigenvalue weighted by atomic mass is 35.5. The average Bonchev–Trinajstić information content (AvgIpc) is 2.44. The van der Waals surface area contributed by atoms with Gasteiger partial charge < -0.3 is 10.4 Å².